The van der Waals surface area contributed by atoms with Crippen LogP contribution in [0.1, 0.15) is 21.8 Å². The molecule has 3 rings (SSSR count). The molecule has 0 aliphatic carbocycles. The third-order valence-corrected chi connectivity index (χ3v) is 4.76. The number of hydrogen-bond donors (Lipinski definition) is 1. The molecule has 2 heterocycles. The van der Waals surface area contributed by atoms with E-state index in [1.165, 1.54) is 16.8 Å². The van der Waals surface area contributed by atoms with Gasteiger partial charge >= 0.3 is 0 Å². The fraction of sp³-hybridized carbons (Fsp3) is 0.438. The summed E-state index contributed by atoms with van der Waals surface area (Å²) in [5, 5.41) is 6.67. The van der Waals surface area contributed by atoms with Crippen LogP contribution in [0, 0.1) is 6.92 Å². The van der Waals surface area contributed by atoms with Gasteiger partial charge in [-0.3, -0.25) is 4.90 Å². The van der Waals surface area contributed by atoms with Crippen molar-refractivity contribution in [2.24, 2.45) is 0 Å². The number of likely N-dealkylation sites (N-methyl/N-ethyl adjacent to an activating group) is 1. The van der Waals surface area contributed by atoms with Gasteiger partial charge in [0.1, 0.15) is 0 Å². The van der Waals surface area contributed by atoms with Gasteiger partial charge in [0.15, 0.2) is 0 Å². The summed E-state index contributed by atoms with van der Waals surface area (Å²) in [6.45, 7) is 5.08. The highest BCUT2D eigenvalue weighted by Gasteiger charge is 2.25. The van der Waals surface area contributed by atoms with Gasteiger partial charge in [-0.15, -0.1) is 11.3 Å². The molecule has 1 N–H and O–H groups in total. The van der Waals surface area contributed by atoms with Crippen LogP contribution in [0.5, 0.6) is 0 Å². The quantitative estimate of drug-likeness (QED) is 0.937. The summed E-state index contributed by atoms with van der Waals surface area (Å²) in [7, 11) is 2.03. The van der Waals surface area contributed by atoms with Crippen LogP contribution in [0.4, 0.5) is 0 Å². The van der Waals surface area contributed by atoms with Gasteiger partial charge in [-0.05, 0) is 31.5 Å². The van der Waals surface area contributed by atoms with Crippen LogP contribution in [0.25, 0.3) is 0 Å². The average molecular weight is 287 g/mol. The standard InChI is InChI=1S/C16H21N3S/c1-12-18-15(11-20-12)10-19-9-14-6-4-3-5-13(14)7-16(19)8-17-2/h3-6,11,16-17H,7-10H2,1-2H3. The number of nitrogens with one attached hydrogen (secondary N) is 1. The number of fused-ring (bicyclic) bond motifs is 1. The minimum absolute atomic E-state index is 0.553. The molecule has 20 heavy (non-hydrogen) atoms. The summed E-state index contributed by atoms with van der Waals surface area (Å²) >= 11 is 1.74. The Labute approximate surface area is 124 Å². The second-order valence-electron chi connectivity index (χ2n) is 5.45. The Bertz CT molecular complexity index is 579. The van der Waals surface area contributed by atoms with Crippen molar-refractivity contribution in [3.05, 3.63) is 51.5 Å². The van der Waals surface area contributed by atoms with Gasteiger partial charge < -0.3 is 5.32 Å². The van der Waals surface area contributed by atoms with Crippen LogP contribution >= 0.6 is 11.3 Å². The number of aryl methyl sites for hydroxylation is 1. The summed E-state index contributed by atoms with van der Waals surface area (Å²) < 4.78 is 0. The first kappa shape index (κ1) is 13.7. The SMILES string of the molecule is CNCC1Cc2ccccc2CN1Cc1csc(C)n1. The van der Waals surface area contributed by atoms with Gasteiger partial charge in [0.05, 0.1) is 10.7 Å². The molecule has 1 atom stereocenters. The lowest BCUT2D eigenvalue weighted by Gasteiger charge is -2.36. The van der Waals surface area contributed by atoms with E-state index < -0.39 is 0 Å². The fourth-order valence-electron chi connectivity index (χ4n) is 2.95. The second-order valence-corrected chi connectivity index (χ2v) is 6.51. The number of benzene rings is 1. The van der Waals surface area contributed by atoms with E-state index in [2.05, 4.69) is 51.8 Å². The maximum Gasteiger partial charge on any atom is 0.0897 e. The molecule has 0 fully saturated rings. The molecule has 0 bridgehead atoms. The van der Waals surface area contributed by atoms with E-state index in [1.54, 1.807) is 11.3 Å². The lowest BCUT2D eigenvalue weighted by Crippen LogP contribution is -2.45. The first-order valence-corrected chi connectivity index (χ1v) is 8.00. The molecule has 1 aromatic carbocycles. The Balaban J connectivity index is 1.80. The minimum Gasteiger partial charge on any atom is -0.318 e. The molecule has 0 amide bonds. The summed E-state index contributed by atoms with van der Waals surface area (Å²) in [4.78, 5) is 7.16. The van der Waals surface area contributed by atoms with Gasteiger partial charge in [0, 0.05) is 31.1 Å². The van der Waals surface area contributed by atoms with Crippen molar-refractivity contribution in [2.75, 3.05) is 13.6 Å². The molecule has 0 radical (unpaired) electrons. The molecule has 1 unspecified atom stereocenters. The first-order valence-electron chi connectivity index (χ1n) is 7.12. The van der Waals surface area contributed by atoms with E-state index in [1.807, 2.05) is 7.05 Å². The average Bonchev–Trinajstić information content (AvgIpc) is 2.85. The molecule has 0 spiro atoms. The molecule has 1 aliphatic rings. The predicted octanol–water partition coefficient (Wildman–Crippen LogP) is 2.60. The van der Waals surface area contributed by atoms with E-state index in [9.17, 15) is 0 Å². The molecule has 2 aromatic rings. The monoisotopic (exact) mass is 287 g/mol. The fourth-order valence-corrected chi connectivity index (χ4v) is 3.56. The first-order chi connectivity index (χ1) is 9.76. The van der Waals surface area contributed by atoms with Gasteiger partial charge in [0.2, 0.25) is 0 Å². The highest BCUT2D eigenvalue weighted by molar-refractivity contribution is 7.09. The van der Waals surface area contributed by atoms with Crippen LogP contribution < -0.4 is 5.32 Å². The molecular formula is C16H21N3S. The zero-order valence-corrected chi connectivity index (χ0v) is 12.9. The third kappa shape index (κ3) is 2.92. The van der Waals surface area contributed by atoms with E-state index in [4.69, 9.17) is 0 Å². The molecule has 1 aromatic heterocycles. The molecule has 0 saturated carbocycles. The van der Waals surface area contributed by atoms with Crippen molar-refractivity contribution in [3.8, 4) is 0 Å². The van der Waals surface area contributed by atoms with Crippen molar-refractivity contribution < 1.29 is 0 Å². The summed E-state index contributed by atoms with van der Waals surface area (Å²) in [6, 6.07) is 9.36. The number of thiazole rings is 1. The van der Waals surface area contributed by atoms with Crippen molar-refractivity contribution >= 4 is 11.3 Å². The predicted molar refractivity (Wildman–Crippen MR) is 84.0 cm³/mol. The number of nitrogens with zero attached hydrogens (tertiary/aromatic N) is 2. The van der Waals surface area contributed by atoms with Gasteiger partial charge in [-0.1, -0.05) is 24.3 Å². The van der Waals surface area contributed by atoms with E-state index in [0.717, 1.165) is 31.1 Å². The highest BCUT2D eigenvalue weighted by Crippen LogP contribution is 2.25. The lowest BCUT2D eigenvalue weighted by molar-refractivity contribution is 0.159. The second kappa shape index (κ2) is 6.04. The van der Waals surface area contributed by atoms with Crippen LogP contribution in [-0.4, -0.2) is 29.5 Å². The van der Waals surface area contributed by atoms with Gasteiger partial charge in [-0.25, -0.2) is 4.98 Å². The molecule has 1 aliphatic heterocycles. The molecule has 106 valence electrons. The van der Waals surface area contributed by atoms with Crippen molar-refractivity contribution in [3.63, 3.8) is 0 Å². The Hall–Kier alpha value is -1.23. The van der Waals surface area contributed by atoms with Crippen molar-refractivity contribution in [2.45, 2.75) is 32.5 Å². The largest absolute Gasteiger partial charge is 0.318 e. The maximum atomic E-state index is 4.61. The third-order valence-electron chi connectivity index (χ3n) is 3.94. The van der Waals surface area contributed by atoms with Gasteiger partial charge in [0.25, 0.3) is 0 Å². The summed E-state index contributed by atoms with van der Waals surface area (Å²) in [6.07, 6.45) is 1.13. The summed E-state index contributed by atoms with van der Waals surface area (Å²) in [5.41, 5.74) is 4.17. The van der Waals surface area contributed by atoms with Crippen molar-refractivity contribution in [1.29, 1.82) is 0 Å². The Morgan fingerprint density at radius 2 is 2.15 bits per heavy atom. The van der Waals surface area contributed by atoms with E-state index in [0.29, 0.717) is 6.04 Å². The molecule has 3 nitrogen and oxygen atoms in total. The topological polar surface area (TPSA) is 28.2 Å². The van der Waals surface area contributed by atoms with Crippen LogP contribution in [0.2, 0.25) is 0 Å². The normalized spacial score (nSPS) is 19.0. The zero-order valence-electron chi connectivity index (χ0n) is 12.1. The Kier molecular flexibility index (Phi) is 4.15. The van der Waals surface area contributed by atoms with Crippen LogP contribution in [0.3, 0.4) is 0 Å². The number of hydrogen-bond acceptors (Lipinski definition) is 4. The summed E-state index contributed by atoms with van der Waals surface area (Å²) in [5.74, 6) is 0. The van der Waals surface area contributed by atoms with E-state index >= 15 is 0 Å². The molecule has 4 heteroatoms. The Morgan fingerprint density at radius 3 is 2.85 bits per heavy atom. The lowest BCUT2D eigenvalue weighted by atomic mass is 9.94. The smallest absolute Gasteiger partial charge is 0.0897 e. The Morgan fingerprint density at radius 1 is 1.35 bits per heavy atom. The minimum atomic E-state index is 0.553. The maximum absolute atomic E-state index is 4.61. The number of aromatic nitrogens is 1. The number of rotatable bonds is 4. The zero-order chi connectivity index (χ0) is 13.9. The van der Waals surface area contributed by atoms with Crippen LogP contribution in [0.15, 0.2) is 29.6 Å². The van der Waals surface area contributed by atoms with Crippen LogP contribution in [-0.2, 0) is 19.5 Å². The molecular weight excluding hydrogens is 266 g/mol. The van der Waals surface area contributed by atoms with E-state index in [-0.39, 0.29) is 0 Å². The molecule has 0 saturated heterocycles. The highest BCUT2D eigenvalue weighted by atomic mass is 32.1. The van der Waals surface area contributed by atoms with Gasteiger partial charge in [-0.2, -0.15) is 0 Å². The van der Waals surface area contributed by atoms with Crippen molar-refractivity contribution in [1.82, 2.24) is 15.2 Å².